The number of ether oxygens (including phenoxy) is 2. The lowest BCUT2D eigenvalue weighted by molar-refractivity contribution is -0.906. The van der Waals surface area contributed by atoms with Crippen LogP contribution >= 0.6 is 0 Å². The van der Waals surface area contributed by atoms with E-state index in [2.05, 4.69) is 27.8 Å². The first-order chi connectivity index (χ1) is 7.50. The van der Waals surface area contributed by atoms with Crippen LogP contribution in [-0.2, 0) is 9.47 Å². The Balaban J connectivity index is 2.37. The van der Waals surface area contributed by atoms with Gasteiger partial charge in [-0.3, -0.25) is 0 Å². The van der Waals surface area contributed by atoms with Gasteiger partial charge >= 0.3 is 0 Å². The summed E-state index contributed by atoms with van der Waals surface area (Å²) in [5, 5.41) is 0. The number of hydrogen-bond donors (Lipinski definition) is 0. The minimum atomic E-state index is -0.0236. The molecule has 3 unspecified atom stereocenters. The largest absolute Gasteiger partial charge is 0.353 e. The predicted octanol–water partition coefficient (Wildman–Crippen LogP) is 2.26. The summed E-state index contributed by atoms with van der Waals surface area (Å²) >= 11 is 0. The summed E-state index contributed by atoms with van der Waals surface area (Å²) < 4.78 is 12.4. The lowest BCUT2D eigenvalue weighted by Gasteiger charge is -2.37. The van der Waals surface area contributed by atoms with Gasteiger partial charge in [0.1, 0.15) is 0 Å². The van der Waals surface area contributed by atoms with Crippen molar-refractivity contribution in [3.05, 3.63) is 0 Å². The van der Waals surface area contributed by atoms with Gasteiger partial charge in [0.25, 0.3) is 0 Å². The minimum Gasteiger partial charge on any atom is -0.353 e. The van der Waals surface area contributed by atoms with Crippen molar-refractivity contribution in [2.45, 2.75) is 46.5 Å². The Kier molecular flexibility index (Phi) is 5.22. The summed E-state index contributed by atoms with van der Waals surface area (Å²) in [4.78, 5) is 0. The SMILES string of the molecule is CC[N+](C)(CC)CCC1COC(C)OC1C. The molecule has 3 atom stereocenters. The highest BCUT2D eigenvalue weighted by Gasteiger charge is 2.28. The van der Waals surface area contributed by atoms with E-state index in [4.69, 9.17) is 9.47 Å². The van der Waals surface area contributed by atoms with Gasteiger partial charge in [0.2, 0.25) is 0 Å². The quantitative estimate of drug-likeness (QED) is 0.675. The Morgan fingerprint density at radius 1 is 1.19 bits per heavy atom. The zero-order valence-corrected chi connectivity index (χ0v) is 11.5. The maximum atomic E-state index is 5.70. The van der Waals surface area contributed by atoms with Gasteiger partial charge in [-0.15, -0.1) is 0 Å². The third-order valence-corrected chi connectivity index (χ3v) is 4.18. The van der Waals surface area contributed by atoms with E-state index in [1.165, 1.54) is 26.1 Å². The Labute approximate surface area is 100 Å². The number of rotatable bonds is 5. The molecule has 0 spiro atoms. The second kappa shape index (κ2) is 5.99. The molecule has 0 aliphatic carbocycles. The van der Waals surface area contributed by atoms with Crippen molar-refractivity contribution in [1.29, 1.82) is 0 Å². The summed E-state index contributed by atoms with van der Waals surface area (Å²) in [6.07, 6.45) is 1.52. The van der Waals surface area contributed by atoms with E-state index in [9.17, 15) is 0 Å². The Bertz CT molecular complexity index is 204. The molecule has 0 aromatic rings. The van der Waals surface area contributed by atoms with Crippen molar-refractivity contribution in [3.63, 3.8) is 0 Å². The van der Waals surface area contributed by atoms with Crippen LogP contribution in [0.5, 0.6) is 0 Å². The zero-order chi connectivity index (χ0) is 12.2. The lowest BCUT2D eigenvalue weighted by Crippen LogP contribution is -2.47. The van der Waals surface area contributed by atoms with E-state index in [0.29, 0.717) is 12.0 Å². The zero-order valence-electron chi connectivity index (χ0n) is 11.5. The molecule has 0 aromatic carbocycles. The highest BCUT2D eigenvalue weighted by Crippen LogP contribution is 2.22. The summed E-state index contributed by atoms with van der Waals surface area (Å²) in [6, 6.07) is 0. The molecule has 0 amide bonds. The molecular weight excluding hydrogens is 202 g/mol. The molecule has 0 bridgehead atoms. The van der Waals surface area contributed by atoms with Crippen LogP contribution in [0.3, 0.4) is 0 Å². The lowest BCUT2D eigenvalue weighted by atomic mass is 9.99. The molecule has 0 N–H and O–H groups in total. The van der Waals surface area contributed by atoms with Gasteiger partial charge in [0.05, 0.1) is 39.4 Å². The molecule has 3 nitrogen and oxygen atoms in total. The molecule has 1 aliphatic heterocycles. The molecular formula is C13H28NO2+. The second-order valence-electron chi connectivity index (χ2n) is 5.27. The Hall–Kier alpha value is -0.120. The van der Waals surface area contributed by atoms with Crippen molar-refractivity contribution in [3.8, 4) is 0 Å². The van der Waals surface area contributed by atoms with E-state index < -0.39 is 0 Å². The van der Waals surface area contributed by atoms with E-state index >= 15 is 0 Å². The van der Waals surface area contributed by atoms with Crippen LogP contribution in [-0.4, -0.2) is 50.2 Å². The van der Waals surface area contributed by atoms with E-state index in [-0.39, 0.29) is 6.29 Å². The summed E-state index contributed by atoms with van der Waals surface area (Å²) in [5.41, 5.74) is 0. The first kappa shape index (κ1) is 13.9. The van der Waals surface area contributed by atoms with Crippen molar-refractivity contribution < 1.29 is 14.0 Å². The summed E-state index contributed by atoms with van der Waals surface area (Å²) in [6.45, 7) is 13.2. The number of hydrogen-bond acceptors (Lipinski definition) is 2. The molecule has 1 fully saturated rings. The van der Waals surface area contributed by atoms with Crippen LogP contribution in [0.25, 0.3) is 0 Å². The van der Waals surface area contributed by atoms with Crippen molar-refractivity contribution in [2.75, 3.05) is 33.3 Å². The smallest absolute Gasteiger partial charge is 0.155 e. The fourth-order valence-electron chi connectivity index (χ4n) is 2.18. The average Bonchev–Trinajstić information content (AvgIpc) is 2.27. The molecule has 0 saturated carbocycles. The summed E-state index contributed by atoms with van der Waals surface area (Å²) in [7, 11) is 2.33. The third kappa shape index (κ3) is 3.72. The van der Waals surface area contributed by atoms with Crippen LogP contribution in [0.1, 0.15) is 34.1 Å². The maximum Gasteiger partial charge on any atom is 0.155 e. The topological polar surface area (TPSA) is 18.5 Å². The van der Waals surface area contributed by atoms with Crippen LogP contribution < -0.4 is 0 Å². The van der Waals surface area contributed by atoms with Crippen molar-refractivity contribution in [2.24, 2.45) is 5.92 Å². The summed E-state index contributed by atoms with van der Waals surface area (Å²) in [5.74, 6) is 0.562. The van der Waals surface area contributed by atoms with E-state index in [0.717, 1.165) is 11.1 Å². The van der Waals surface area contributed by atoms with Gasteiger partial charge in [-0.05, 0) is 27.7 Å². The monoisotopic (exact) mass is 230 g/mol. The predicted molar refractivity (Wildman–Crippen MR) is 66.2 cm³/mol. The highest BCUT2D eigenvalue weighted by molar-refractivity contribution is 4.70. The van der Waals surface area contributed by atoms with Crippen molar-refractivity contribution >= 4 is 0 Å². The number of nitrogens with zero attached hydrogens (tertiary/aromatic N) is 1. The molecule has 96 valence electrons. The molecule has 0 radical (unpaired) electrons. The van der Waals surface area contributed by atoms with Crippen LogP contribution in [0.2, 0.25) is 0 Å². The Morgan fingerprint density at radius 3 is 2.31 bits per heavy atom. The average molecular weight is 230 g/mol. The van der Waals surface area contributed by atoms with Gasteiger partial charge < -0.3 is 14.0 Å². The first-order valence-corrected chi connectivity index (χ1v) is 6.61. The fourth-order valence-corrected chi connectivity index (χ4v) is 2.18. The molecule has 3 heteroatoms. The third-order valence-electron chi connectivity index (χ3n) is 4.18. The molecule has 16 heavy (non-hydrogen) atoms. The van der Waals surface area contributed by atoms with E-state index in [1.54, 1.807) is 0 Å². The number of quaternary nitrogens is 1. The second-order valence-corrected chi connectivity index (χ2v) is 5.27. The van der Waals surface area contributed by atoms with Gasteiger partial charge in [-0.2, -0.15) is 0 Å². The standard InChI is InChI=1S/C13H28NO2/c1-6-14(5,7-2)9-8-13-10-15-12(4)16-11(13)3/h11-13H,6-10H2,1-5H3/q+1. The highest BCUT2D eigenvalue weighted by atomic mass is 16.7. The minimum absolute atomic E-state index is 0.0236. The van der Waals surface area contributed by atoms with Crippen molar-refractivity contribution in [1.82, 2.24) is 0 Å². The molecule has 1 aliphatic rings. The first-order valence-electron chi connectivity index (χ1n) is 6.61. The maximum absolute atomic E-state index is 5.70. The van der Waals surface area contributed by atoms with Gasteiger partial charge in [0.15, 0.2) is 6.29 Å². The van der Waals surface area contributed by atoms with Gasteiger partial charge in [-0.25, -0.2) is 0 Å². The molecule has 1 saturated heterocycles. The molecule has 1 rings (SSSR count). The Morgan fingerprint density at radius 2 is 1.81 bits per heavy atom. The van der Waals surface area contributed by atoms with Crippen LogP contribution in [0.15, 0.2) is 0 Å². The molecule has 1 heterocycles. The van der Waals surface area contributed by atoms with Crippen LogP contribution in [0, 0.1) is 5.92 Å². The van der Waals surface area contributed by atoms with Crippen LogP contribution in [0.4, 0.5) is 0 Å². The molecule has 0 aromatic heterocycles. The normalized spacial score (nSPS) is 31.7. The van der Waals surface area contributed by atoms with Gasteiger partial charge in [0, 0.05) is 12.3 Å². The van der Waals surface area contributed by atoms with Gasteiger partial charge in [-0.1, -0.05) is 0 Å². The van der Waals surface area contributed by atoms with E-state index in [1.807, 2.05) is 6.92 Å². The fraction of sp³-hybridized carbons (Fsp3) is 1.00.